The van der Waals surface area contributed by atoms with E-state index in [2.05, 4.69) is 22.1 Å². The Morgan fingerprint density at radius 3 is 2.79 bits per heavy atom. The van der Waals surface area contributed by atoms with Crippen LogP contribution in [0.2, 0.25) is 0 Å². The molecule has 3 fully saturated rings. The molecule has 1 aliphatic carbocycles. The van der Waals surface area contributed by atoms with Crippen LogP contribution in [0.15, 0.2) is 55.0 Å². The maximum absolute atomic E-state index is 13.3. The first kappa shape index (κ1) is 16.1. The van der Waals surface area contributed by atoms with Crippen molar-refractivity contribution in [2.45, 2.75) is 49.7 Å². The van der Waals surface area contributed by atoms with Gasteiger partial charge in [-0.2, -0.15) is 0 Å². The molecule has 1 spiro atoms. The average molecular weight is 376 g/mol. The number of nitrogens with zero attached hydrogens (tertiary/aromatic N) is 4. The number of amides is 1. The van der Waals surface area contributed by atoms with Gasteiger partial charge < -0.3 is 14.4 Å². The highest BCUT2D eigenvalue weighted by molar-refractivity contribution is 5.89. The highest BCUT2D eigenvalue weighted by atomic mass is 16.6. The maximum Gasteiger partial charge on any atom is 0.302 e. The molecule has 1 saturated carbocycles. The maximum atomic E-state index is 13.3. The molecule has 0 unspecified atom stereocenters. The van der Waals surface area contributed by atoms with Crippen molar-refractivity contribution in [1.29, 1.82) is 0 Å². The van der Waals surface area contributed by atoms with Gasteiger partial charge in [-0.3, -0.25) is 9.20 Å². The van der Waals surface area contributed by atoms with Gasteiger partial charge in [-0.1, -0.05) is 30.3 Å². The Hall–Kier alpha value is -2.93. The minimum absolute atomic E-state index is 0.0837. The lowest BCUT2D eigenvalue weighted by Crippen LogP contribution is -2.56. The van der Waals surface area contributed by atoms with Gasteiger partial charge in [-0.25, -0.2) is 9.97 Å². The van der Waals surface area contributed by atoms with Crippen LogP contribution >= 0.6 is 0 Å². The summed E-state index contributed by atoms with van der Waals surface area (Å²) in [5, 5.41) is 0. The number of fused-ring (bicyclic) bond motifs is 2. The van der Waals surface area contributed by atoms with Gasteiger partial charge in [0.25, 0.3) is 5.91 Å². The SMILES string of the molecule is O=C1N2[C@@H](CC[C@H]2c2ccccc2)OC12CC(Oc1nccc3nccn13)C2. The van der Waals surface area contributed by atoms with E-state index in [1.165, 1.54) is 5.56 Å². The van der Waals surface area contributed by atoms with Crippen molar-refractivity contribution >= 4 is 11.6 Å². The summed E-state index contributed by atoms with van der Waals surface area (Å²) < 4.78 is 14.1. The van der Waals surface area contributed by atoms with E-state index in [-0.39, 0.29) is 24.3 Å². The predicted molar refractivity (Wildman–Crippen MR) is 99.5 cm³/mol. The van der Waals surface area contributed by atoms with Gasteiger partial charge in [-0.15, -0.1) is 0 Å². The van der Waals surface area contributed by atoms with Crippen LogP contribution in [0, 0.1) is 0 Å². The van der Waals surface area contributed by atoms with Gasteiger partial charge in [0.05, 0.1) is 6.04 Å². The van der Waals surface area contributed by atoms with E-state index in [1.807, 2.05) is 39.8 Å². The zero-order valence-electron chi connectivity index (χ0n) is 15.3. The Kier molecular flexibility index (Phi) is 3.32. The number of rotatable bonds is 3. The van der Waals surface area contributed by atoms with E-state index in [0.717, 1.165) is 18.5 Å². The molecule has 7 heteroatoms. The van der Waals surface area contributed by atoms with Crippen LogP contribution in [0.4, 0.5) is 0 Å². The summed E-state index contributed by atoms with van der Waals surface area (Å²) in [7, 11) is 0. The van der Waals surface area contributed by atoms with Crippen molar-refractivity contribution in [2.75, 3.05) is 0 Å². The van der Waals surface area contributed by atoms with Crippen LogP contribution in [0.5, 0.6) is 6.01 Å². The number of carbonyl (C=O) groups is 1. The second-order valence-electron chi connectivity index (χ2n) is 7.81. The van der Waals surface area contributed by atoms with E-state index in [9.17, 15) is 4.79 Å². The fourth-order valence-electron chi connectivity index (χ4n) is 4.81. The molecule has 6 rings (SSSR count). The average Bonchev–Trinajstić information content (AvgIpc) is 3.38. The number of hydrogen-bond donors (Lipinski definition) is 0. The lowest BCUT2D eigenvalue weighted by atomic mass is 9.76. The fraction of sp³-hybridized carbons (Fsp3) is 0.381. The summed E-state index contributed by atoms with van der Waals surface area (Å²) >= 11 is 0. The van der Waals surface area contributed by atoms with E-state index >= 15 is 0 Å². The van der Waals surface area contributed by atoms with E-state index < -0.39 is 5.60 Å². The van der Waals surface area contributed by atoms with Crippen molar-refractivity contribution in [2.24, 2.45) is 0 Å². The number of carbonyl (C=O) groups excluding carboxylic acids is 1. The minimum Gasteiger partial charge on any atom is -0.461 e. The van der Waals surface area contributed by atoms with Crippen LogP contribution in [0.3, 0.4) is 0 Å². The molecule has 28 heavy (non-hydrogen) atoms. The van der Waals surface area contributed by atoms with Crippen LogP contribution in [0.1, 0.15) is 37.3 Å². The quantitative estimate of drug-likeness (QED) is 0.703. The molecule has 2 saturated heterocycles. The first-order valence-corrected chi connectivity index (χ1v) is 9.74. The number of imidazole rings is 1. The number of hydrogen-bond acceptors (Lipinski definition) is 5. The predicted octanol–water partition coefficient (Wildman–Crippen LogP) is 2.73. The topological polar surface area (TPSA) is 69.0 Å². The van der Waals surface area contributed by atoms with E-state index in [1.54, 1.807) is 12.4 Å². The second-order valence-corrected chi connectivity index (χ2v) is 7.81. The summed E-state index contributed by atoms with van der Waals surface area (Å²) in [6, 6.07) is 12.7. The molecule has 1 aromatic carbocycles. The molecule has 0 radical (unpaired) electrons. The lowest BCUT2D eigenvalue weighted by Gasteiger charge is -2.41. The molecule has 0 bridgehead atoms. The number of ether oxygens (including phenoxy) is 2. The van der Waals surface area contributed by atoms with Gasteiger partial charge >= 0.3 is 6.01 Å². The van der Waals surface area contributed by atoms with Crippen LogP contribution < -0.4 is 4.74 Å². The molecule has 1 amide bonds. The molecule has 7 nitrogen and oxygen atoms in total. The van der Waals surface area contributed by atoms with Crippen molar-refractivity contribution < 1.29 is 14.3 Å². The van der Waals surface area contributed by atoms with Crippen molar-refractivity contribution in [1.82, 2.24) is 19.3 Å². The number of benzene rings is 1. The fourth-order valence-corrected chi connectivity index (χ4v) is 4.81. The molecule has 2 aromatic heterocycles. The van der Waals surface area contributed by atoms with Crippen molar-refractivity contribution in [3.8, 4) is 6.01 Å². The van der Waals surface area contributed by atoms with Crippen molar-refractivity contribution in [3.63, 3.8) is 0 Å². The highest BCUT2D eigenvalue weighted by Crippen LogP contribution is 2.51. The molecule has 4 heterocycles. The minimum atomic E-state index is -0.731. The Morgan fingerprint density at radius 1 is 1.07 bits per heavy atom. The standard InChI is InChI=1S/C21H20N4O3/c26-19-21(28-18-7-6-16(25(18)19)14-4-2-1-3-5-14)12-15(13-21)27-20-23-9-8-17-22-10-11-24(17)20/h1-5,8-11,15-16,18H,6-7,12-13H2/t15?,16-,18+,21?/m0/s1. The molecule has 3 aromatic rings. The summed E-state index contributed by atoms with van der Waals surface area (Å²) in [5.74, 6) is 0.109. The molecular weight excluding hydrogens is 356 g/mol. The van der Waals surface area contributed by atoms with Gasteiger partial charge in [0, 0.05) is 31.4 Å². The zero-order chi connectivity index (χ0) is 18.7. The first-order valence-electron chi connectivity index (χ1n) is 9.74. The molecule has 142 valence electrons. The molecular formula is C21H20N4O3. The molecule has 0 N–H and O–H groups in total. The van der Waals surface area contributed by atoms with Gasteiger partial charge in [0.15, 0.2) is 5.60 Å². The molecule has 2 aliphatic heterocycles. The third-order valence-electron chi connectivity index (χ3n) is 6.17. The second kappa shape index (κ2) is 5.78. The van der Waals surface area contributed by atoms with E-state index in [4.69, 9.17) is 9.47 Å². The van der Waals surface area contributed by atoms with E-state index in [0.29, 0.717) is 18.9 Å². The van der Waals surface area contributed by atoms with Crippen LogP contribution in [-0.4, -0.2) is 43.1 Å². The Morgan fingerprint density at radius 2 is 1.93 bits per heavy atom. The van der Waals surface area contributed by atoms with Gasteiger partial charge in [0.1, 0.15) is 18.0 Å². The molecule has 2 atom stereocenters. The normalized spacial score (nSPS) is 31.4. The summed E-state index contributed by atoms with van der Waals surface area (Å²) in [6.07, 6.45) is 7.98. The summed E-state index contributed by atoms with van der Waals surface area (Å²) in [5.41, 5.74) is 1.24. The number of aromatic nitrogens is 3. The third kappa shape index (κ3) is 2.22. The smallest absolute Gasteiger partial charge is 0.302 e. The Balaban J connectivity index is 1.19. The van der Waals surface area contributed by atoms with Gasteiger partial charge in [0.2, 0.25) is 0 Å². The summed E-state index contributed by atoms with van der Waals surface area (Å²) in [4.78, 5) is 23.8. The van der Waals surface area contributed by atoms with Gasteiger partial charge in [-0.05, 0) is 24.5 Å². The first-order chi connectivity index (χ1) is 13.7. The van der Waals surface area contributed by atoms with Crippen molar-refractivity contribution in [3.05, 3.63) is 60.6 Å². The molecule has 3 aliphatic rings. The monoisotopic (exact) mass is 376 g/mol. The largest absolute Gasteiger partial charge is 0.461 e. The van der Waals surface area contributed by atoms with Crippen LogP contribution in [0.25, 0.3) is 5.65 Å². The Labute approximate surface area is 161 Å². The Bertz CT molecular complexity index is 1040. The van der Waals surface area contributed by atoms with Crippen LogP contribution in [-0.2, 0) is 9.53 Å². The lowest BCUT2D eigenvalue weighted by molar-refractivity contribution is -0.162. The highest BCUT2D eigenvalue weighted by Gasteiger charge is 2.63. The summed E-state index contributed by atoms with van der Waals surface area (Å²) in [6.45, 7) is 0. The zero-order valence-corrected chi connectivity index (χ0v) is 15.3. The third-order valence-corrected chi connectivity index (χ3v) is 6.17.